The van der Waals surface area contributed by atoms with Crippen molar-refractivity contribution in [3.05, 3.63) is 38.3 Å². The summed E-state index contributed by atoms with van der Waals surface area (Å²) in [6.07, 6.45) is 1.78. The van der Waals surface area contributed by atoms with Crippen LogP contribution in [-0.4, -0.2) is 30.6 Å². The highest BCUT2D eigenvalue weighted by molar-refractivity contribution is 9.10. The number of nitrogens with zero attached hydrogens (tertiary/aromatic N) is 1. The summed E-state index contributed by atoms with van der Waals surface area (Å²) in [6.45, 7) is 4.04. The van der Waals surface area contributed by atoms with E-state index in [1.165, 1.54) is 12.1 Å². The summed E-state index contributed by atoms with van der Waals surface area (Å²) >= 11 is 3.14. The summed E-state index contributed by atoms with van der Waals surface area (Å²) in [4.78, 5) is 22.6. The first-order valence-electron chi connectivity index (χ1n) is 6.72. The predicted molar refractivity (Wildman–Crippen MR) is 81.3 cm³/mol. The lowest BCUT2D eigenvalue weighted by molar-refractivity contribution is -0.385. The second-order valence-corrected chi connectivity index (χ2v) is 6.29. The van der Waals surface area contributed by atoms with Gasteiger partial charge in [-0.25, -0.2) is 0 Å². The zero-order chi connectivity index (χ0) is 15.5. The van der Waals surface area contributed by atoms with Crippen molar-refractivity contribution in [3.63, 3.8) is 0 Å². The monoisotopic (exact) mass is 356 g/mol. The highest BCUT2D eigenvalue weighted by atomic mass is 79.9. The number of amides is 1. The van der Waals surface area contributed by atoms with E-state index in [1.54, 1.807) is 6.07 Å². The van der Waals surface area contributed by atoms with Gasteiger partial charge in [-0.05, 0) is 40.3 Å². The molecule has 2 rings (SSSR count). The molecular weight excluding hydrogens is 340 g/mol. The molecule has 1 N–H and O–H groups in total. The highest BCUT2D eigenvalue weighted by Gasteiger charge is 2.28. The van der Waals surface area contributed by atoms with Gasteiger partial charge in [0.1, 0.15) is 4.47 Å². The number of rotatable bonds is 4. The molecule has 0 spiro atoms. The summed E-state index contributed by atoms with van der Waals surface area (Å²) in [7, 11) is 0. The predicted octanol–water partition coefficient (Wildman–Crippen LogP) is 2.90. The molecule has 1 fully saturated rings. The Morgan fingerprint density at radius 2 is 2.14 bits per heavy atom. The minimum absolute atomic E-state index is 0.0150. The van der Waals surface area contributed by atoms with Gasteiger partial charge in [-0.3, -0.25) is 14.9 Å². The zero-order valence-corrected chi connectivity index (χ0v) is 13.3. The molecule has 114 valence electrons. The summed E-state index contributed by atoms with van der Waals surface area (Å²) in [5, 5.41) is 13.8. The molecule has 0 saturated carbocycles. The van der Waals surface area contributed by atoms with Crippen molar-refractivity contribution in [2.24, 2.45) is 5.41 Å². The van der Waals surface area contributed by atoms with E-state index in [4.69, 9.17) is 4.74 Å². The molecule has 1 aromatic carbocycles. The minimum atomic E-state index is -0.513. The number of carbonyl (C=O) groups is 1. The number of hydrogen-bond acceptors (Lipinski definition) is 4. The normalized spacial score (nSPS) is 17.2. The number of nitro groups is 1. The number of carbonyl (C=O) groups excluding carboxylic acids is 1. The standard InChI is InChI=1S/C14H17BrN2O4/c1-14(5-7-21-8-6-14)9-16-13(18)10-3-2-4-11(12(10)15)17(19)20/h2-4H,5-9H2,1H3,(H,16,18). The van der Waals surface area contributed by atoms with Crippen LogP contribution in [0.1, 0.15) is 30.1 Å². The van der Waals surface area contributed by atoms with E-state index in [0.717, 1.165) is 12.8 Å². The third kappa shape index (κ3) is 3.79. The van der Waals surface area contributed by atoms with Gasteiger partial charge in [0.2, 0.25) is 0 Å². The van der Waals surface area contributed by atoms with Crippen LogP contribution in [0.4, 0.5) is 5.69 Å². The number of ether oxygens (including phenoxy) is 1. The van der Waals surface area contributed by atoms with E-state index < -0.39 is 4.92 Å². The maximum atomic E-state index is 12.2. The van der Waals surface area contributed by atoms with Crippen LogP contribution in [0, 0.1) is 15.5 Å². The average Bonchev–Trinajstić information content (AvgIpc) is 2.45. The van der Waals surface area contributed by atoms with Crippen LogP contribution in [0.15, 0.2) is 22.7 Å². The molecule has 7 heteroatoms. The number of halogens is 1. The lowest BCUT2D eigenvalue weighted by atomic mass is 9.82. The van der Waals surface area contributed by atoms with E-state index in [9.17, 15) is 14.9 Å². The van der Waals surface area contributed by atoms with Crippen LogP contribution in [0.3, 0.4) is 0 Å². The molecule has 1 heterocycles. The van der Waals surface area contributed by atoms with Gasteiger partial charge in [-0.2, -0.15) is 0 Å². The SMILES string of the molecule is CC1(CNC(=O)c2cccc([N+](=O)[O-])c2Br)CCOCC1. The fourth-order valence-electron chi connectivity index (χ4n) is 2.27. The highest BCUT2D eigenvalue weighted by Crippen LogP contribution is 2.30. The van der Waals surface area contributed by atoms with Crippen LogP contribution in [-0.2, 0) is 4.74 Å². The number of hydrogen-bond donors (Lipinski definition) is 1. The molecule has 0 bridgehead atoms. The summed E-state index contributed by atoms with van der Waals surface area (Å²) in [5.41, 5.74) is 0.181. The number of nitrogens with one attached hydrogen (secondary N) is 1. The smallest absolute Gasteiger partial charge is 0.284 e. The molecule has 0 unspecified atom stereocenters. The Kier molecular flexibility index (Phi) is 4.95. The van der Waals surface area contributed by atoms with Crippen molar-refractivity contribution >= 4 is 27.5 Å². The summed E-state index contributed by atoms with van der Waals surface area (Å²) in [5.74, 6) is -0.307. The fourth-order valence-corrected chi connectivity index (χ4v) is 2.86. The molecule has 1 amide bonds. The van der Waals surface area contributed by atoms with Crippen LogP contribution in [0.5, 0.6) is 0 Å². The van der Waals surface area contributed by atoms with Crippen LogP contribution in [0.2, 0.25) is 0 Å². The molecule has 0 aliphatic carbocycles. The van der Waals surface area contributed by atoms with Crippen molar-refractivity contribution in [1.82, 2.24) is 5.32 Å². The van der Waals surface area contributed by atoms with Gasteiger partial charge in [0.25, 0.3) is 11.6 Å². The average molecular weight is 357 g/mol. The third-order valence-corrected chi connectivity index (χ3v) is 4.63. The molecule has 1 aromatic rings. The van der Waals surface area contributed by atoms with Crippen molar-refractivity contribution < 1.29 is 14.5 Å². The maximum absolute atomic E-state index is 12.2. The van der Waals surface area contributed by atoms with Gasteiger partial charge in [0.15, 0.2) is 0 Å². The Morgan fingerprint density at radius 1 is 1.48 bits per heavy atom. The topological polar surface area (TPSA) is 81.5 Å². The maximum Gasteiger partial charge on any atom is 0.284 e. The Balaban J connectivity index is 2.07. The van der Waals surface area contributed by atoms with Crippen molar-refractivity contribution in [2.45, 2.75) is 19.8 Å². The van der Waals surface area contributed by atoms with Crippen LogP contribution < -0.4 is 5.32 Å². The molecule has 1 aliphatic heterocycles. The second-order valence-electron chi connectivity index (χ2n) is 5.50. The van der Waals surface area contributed by atoms with Gasteiger partial charge in [-0.15, -0.1) is 0 Å². The Labute approximate surface area is 131 Å². The second kappa shape index (κ2) is 6.53. The van der Waals surface area contributed by atoms with E-state index in [1.807, 2.05) is 0 Å². The first-order chi connectivity index (χ1) is 9.93. The lowest BCUT2D eigenvalue weighted by Gasteiger charge is -2.33. The van der Waals surface area contributed by atoms with Gasteiger partial charge in [-0.1, -0.05) is 13.0 Å². The van der Waals surface area contributed by atoms with Gasteiger partial charge in [0.05, 0.1) is 10.5 Å². The van der Waals surface area contributed by atoms with Gasteiger partial charge in [0, 0.05) is 25.8 Å². The van der Waals surface area contributed by atoms with Gasteiger partial charge < -0.3 is 10.1 Å². The molecule has 0 atom stereocenters. The van der Waals surface area contributed by atoms with Gasteiger partial charge >= 0.3 is 0 Å². The van der Waals surface area contributed by atoms with Crippen molar-refractivity contribution in [1.29, 1.82) is 0 Å². The molecule has 1 aliphatic rings. The number of nitro benzene ring substituents is 1. The van der Waals surface area contributed by atoms with E-state index in [0.29, 0.717) is 19.8 Å². The van der Waals surface area contributed by atoms with Crippen molar-refractivity contribution in [2.75, 3.05) is 19.8 Å². The lowest BCUT2D eigenvalue weighted by Crippen LogP contribution is -2.39. The van der Waals surface area contributed by atoms with Crippen molar-refractivity contribution in [3.8, 4) is 0 Å². The fraction of sp³-hybridized carbons (Fsp3) is 0.500. The molecule has 1 saturated heterocycles. The summed E-state index contributed by atoms with van der Waals surface area (Å²) < 4.78 is 5.54. The number of benzene rings is 1. The first kappa shape index (κ1) is 15.9. The summed E-state index contributed by atoms with van der Waals surface area (Å²) in [6, 6.07) is 4.44. The van der Waals surface area contributed by atoms with E-state index in [-0.39, 0.29) is 27.0 Å². The Hall–Kier alpha value is -1.47. The largest absolute Gasteiger partial charge is 0.381 e. The third-order valence-electron chi connectivity index (χ3n) is 3.80. The molecule has 21 heavy (non-hydrogen) atoms. The molecule has 6 nitrogen and oxygen atoms in total. The molecule has 0 radical (unpaired) electrons. The molecular formula is C14H17BrN2O4. The van der Waals surface area contributed by atoms with E-state index in [2.05, 4.69) is 28.2 Å². The van der Waals surface area contributed by atoms with Crippen LogP contribution >= 0.6 is 15.9 Å². The molecule has 0 aromatic heterocycles. The Bertz CT molecular complexity index is 556. The minimum Gasteiger partial charge on any atom is -0.381 e. The zero-order valence-electron chi connectivity index (χ0n) is 11.7. The van der Waals surface area contributed by atoms with E-state index >= 15 is 0 Å². The first-order valence-corrected chi connectivity index (χ1v) is 7.51. The quantitative estimate of drug-likeness (QED) is 0.664. The van der Waals surface area contributed by atoms with Crippen LogP contribution in [0.25, 0.3) is 0 Å². The Morgan fingerprint density at radius 3 is 2.76 bits per heavy atom.